The summed E-state index contributed by atoms with van der Waals surface area (Å²) in [7, 11) is 0. The van der Waals surface area contributed by atoms with E-state index in [1.807, 2.05) is 12.1 Å². The molecule has 0 aliphatic carbocycles. The Morgan fingerprint density at radius 3 is 2.62 bits per heavy atom. The predicted molar refractivity (Wildman–Crippen MR) is 108 cm³/mol. The number of hydrogen-bond acceptors (Lipinski definition) is 6. The van der Waals surface area contributed by atoms with Gasteiger partial charge in [0.25, 0.3) is 11.6 Å². The molecular weight excluding hydrogens is 431 g/mol. The quantitative estimate of drug-likeness (QED) is 0.261. The average molecular weight is 445 g/mol. The number of pyridine rings is 1. The Hall–Kier alpha value is -4.28. The number of para-hydroxylation sites is 1. The molecule has 0 fully saturated rings. The molecule has 3 rings (SSSR count). The predicted octanol–water partition coefficient (Wildman–Crippen LogP) is 4.36. The summed E-state index contributed by atoms with van der Waals surface area (Å²) in [6.07, 6.45) is -0.648. The van der Waals surface area contributed by atoms with Crippen LogP contribution < -0.4 is 5.32 Å². The van der Waals surface area contributed by atoms with Gasteiger partial charge in [-0.05, 0) is 24.3 Å². The van der Waals surface area contributed by atoms with Crippen molar-refractivity contribution in [3.8, 4) is 0 Å². The van der Waals surface area contributed by atoms with Gasteiger partial charge in [0.05, 0.1) is 16.0 Å². The lowest BCUT2D eigenvalue weighted by molar-refractivity contribution is -0.384. The van der Waals surface area contributed by atoms with E-state index in [9.17, 15) is 32.9 Å². The van der Waals surface area contributed by atoms with Gasteiger partial charge in [-0.15, -0.1) is 0 Å². The first kappa shape index (κ1) is 22.4. The van der Waals surface area contributed by atoms with E-state index in [0.717, 1.165) is 17.5 Å². The Morgan fingerprint density at radius 2 is 1.91 bits per heavy atom. The number of hydrogen-bond donors (Lipinski definition) is 1. The second kappa shape index (κ2) is 9.25. The van der Waals surface area contributed by atoms with Crippen LogP contribution in [-0.4, -0.2) is 28.4 Å². The van der Waals surface area contributed by atoms with Gasteiger partial charge in [0, 0.05) is 29.3 Å². The van der Waals surface area contributed by atoms with Crippen molar-refractivity contribution in [1.29, 1.82) is 0 Å². The number of alkyl halides is 3. The van der Waals surface area contributed by atoms with Crippen LogP contribution in [0.4, 0.5) is 24.5 Å². The number of esters is 1. The Balaban J connectivity index is 1.63. The molecule has 11 heteroatoms. The summed E-state index contributed by atoms with van der Waals surface area (Å²) >= 11 is 0. The number of nitrogens with zero attached hydrogens (tertiary/aromatic N) is 2. The van der Waals surface area contributed by atoms with Gasteiger partial charge in [-0.3, -0.25) is 19.9 Å². The summed E-state index contributed by atoms with van der Waals surface area (Å²) in [5.74, 6) is -1.82. The maximum atomic E-state index is 12.7. The molecule has 1 amide bonds. The van der Waals surface area contributed by atoms with Gasteiger partial charge < -0.3 is 10.1 Å². The van der Waals surface area contributed by atoms with Crippen LogP contribution in [-0.2, 0) is 20.5 Å². The molecule has 0 unspecified atom stereocenters. The number of fused-ring (bicyclic) bond motifs is 1. The van der Waals surface area contributed by atoms with Gasteiger partial charge in [-0.1, -0.05) is 24.3 Å². The number of ether oxygens (including phenoxy) is 1. The van der Waals surface area contributed by atoms with E-state index in [0.29, 0.717) is 23.2 Å². The molecule has 0 spiro atoms. The Labute approximate surface area is 178 Å². The number of amides is 1. The second-order valence-corrected chi connectivity index (χ2v) is 6.40. The van der Waals surface area contributed by atoms with Crippen molar-refractivity contribution in [3.63, 3.8) is 0 Å². The van der Waals surface area contributed by atoms with E-state index in [1.54, 1.807) is 24.4 Å². The summed E-state index contributed by atoms with van der Waals surface area (Å²) in [4.78, 5) is 38.1. The number of halogens is 3. The molecule has 0 atom stereocenters. The fourth-order valence-corrected chi connectivity index (χ4v) is 2.76. The minimum Gasteiger partial charge on any atom is -0.452 e. The normalized spacial score (nSPS) is 11.5. The van der Waals surface area contributed by atoms with Crippen LogP contribution in [0.25, 0.3) is 17.0 Å². The lowest BCUT2D eigenvalue weighted by atomic mass is 10.1. The molecule has 1 N–H and O–H groups in total. The van der Waals surface area contributed by atoms with Crippen molar-refractivity contribution in [3.05, 3.63) is 82.0 Å². The minimum absolute atomic E-state index is 0.308. The molecular formula is C21H14F3N3O5. The highest BCUT2D eigenvalue weighted by atomic mass is 19.4. The van der Waals surface area contributed by atoms with Crippen molar-refractivity contribution in [1.82, 2.24) is 4.98 Å². The van der Waals surface area contributed by atoms with Gasteiger partial charge in [0.15, 0.2) is 6.61 Å². The molecule has 32 heavy (non-hydrogen) atoms. The van der Waals surface area contributed by atoms with Gasteiger partial charge in [-0.2, -0.15) is 13.2 Å². The van der Waals surface area contributed by atoms with Crippen LogP contribution in [0.2, 0.25) is 0 Å². The topological polar surface area (TPSA) is 111 Å². The number of aromatic nitrogens is 1. The molecule has 0 aliphatic heterocycles. The van der Waals surface area contributed by atoms with Crippen LogP contribution in [0, 0.1) is 10.1 Å². The highest BCUT2D eigenvalue weighted by Gasteiger charge is 2.33. The zero-order chi connectivity index (χ0) is 23.3. The van der Waals surface area contributed by atoms with Crippen LogP contribution >= 0.6 is 0 Å². The first-order valence-corrected chi connectivity index (χ1v) is 8.99. The van der Waals surface area contributed by atoms with Gasteiger partial charge in [0.1, 0.15) is 5.69 Å². The standard InChI is InChI=1S/C21H14F3N3O5/c22-21(23,24)15-7-8-16(17(11-15)27(30)31)26-18(28)12-32-19(29)9-6-14-4-1-3-13-5-2-10-25-20(13)14/h1-11H,12H2,(H,26,28)/b9-6+. The van der Waals surface area contributed by atoms with Crippen LogP contribution in [0.1, 0.15) is 11.1 Å². The number of benzene rings is 2. The van der Waals surface area contributed by atoms with Crippen LogP contribution in [0.15, 0.2) is 60.8 Å². The second-order valence-electron chi connectivity index (χ2n) is 6.40. The van der Waals surface area contributed by atoms with Crippen molar-refractivity contribution in [2.45, 2.75) is 6.18 Å². The highest BCUT2D eigenvalue weighted by molar-refractivity contribution is 5.97. The van der Waals surface area contributed by atoms with Crippen LogP contribution in [0.5, 0.6) is 0 Å². The molecule has 0 saturated carbocycles. The lowest BCUT2D eigenvalue weighted by Gasteiger charge is -2.10. The summed E-state index contributed by atoms with van der Waals surface area (Å²) in [6.45, 7) is -0.796. The van der Waals surface area contributed by atoms with E-state index in [2.05, 4.69) is 10.3 Å². The molecule has 164 valence electrons. The van der Waals surface area contributed by atoms with E-state index >= 15 is 0 Å². The van der Waals surface area contributed by atoms with E-state index < -0.39 is 46.5 Å². The van der Waals surface area contributed by atoms with Crippen molar-refractivity contribution >= 4 is 40.2 Å². The minimum atomic E-state index is -4.78. The van der Waals surface area contributed by atoms with E-state index in [4.69, 9.17) is 4.74 Å². The maximum absolute atomic E-state index is 12.7. The molecule has 3 aromatic rings. The summed E-state index contributed by atoms with van der Waals surface area (Å²) in [5.41, 5.74) is -1.33. The number of nitrogens with one attached hydrogen (secondary N) is 1. The Morgan fingerprint density at radius 1 is 1.16 bits per heavy atom. The Kier molecular flexibility index (Phi) is 6.47. The van der Waals surface area contributed by atoms with Gasteiger partial charge in [-0.25, -0.2) is 4.79 Å². The largest absolute Gasteiger partial charge is 0.452 e. The first-order valence-electron chi connectivity index (χ1n) is 8.99. The lowest BCUT2D eigenvalue weighted by Crippen LogP contribution is -2.21. The smallest absolute Gasteiger partial charge is 0.416 e. The molecule has 0 bridgehead atoms. The number of carbonyl (C=O) groups excluding carboxylic acids is 2. The number of rotatable bonds is 6. The number of nitro benzene ring substituents is 1. The fraction of sp³-hybridized carbons (Fsp3) is 0.0952. The number of carbonyl (C=O) groups is 2. The molecule has 2 aromatic carbocycles. The van der Waals surface area contributed by atoms with Crippen LogP contribution in [0.3, 0.4) is 0 Å². The third-order valence-corrected chi connectivity index (χ3v) is 4.20. The maximum Gasteiger partial charge on any atom is 0.416 e. The highest BCUT2D eigenvalue weighted by Crippen LogP contribution is 2.34. The molecule has 1 aromatic heterocycles. The summed E-state index contributed by atoms with van der Waals surface area (Å²) < 4.78 is 43.0. The van der Waals surface area contributed by atoms with Crippen molar-refractivity contribution in [2.75, 3.05) is 11.9 Å². The molecule has 1 heterocycles. The monoisotopic (exact) mass is 445 g/mol. The summed E-state index contributed by atoms with van der Waals surface area (Å²) in [6, 6.07) is 10.6. The number of anilines is 1. The van der Waals surface area contributed by atoms with E-state index in [-0.39, 0.29) is 0 Å². The van der Waals surface area contributed by atoms with Gasteiger partial charge in [0.2, 0.25) is 0 Å². The van der Waals surface area contributed by atoms with Crippen molar-refractivity contribution in [2.24, 2.45) is 0 Å². The molecule has 0 aliphatic rings. The third kappa shape index (κ3) is 5.45. The SMILES string of the molecule is O=C(COC(=O)/C=C/c1cccc2cccnc12)Nc1ccc(C(F)(F)F)cc1[N+](=O)[O-]. The number of nitro groups is 1. The third-order valence-electron chi connectivity index (χ3n) is 4.20. The first-order chi connectivity index (χ1) is 15.1. The molecule has 8 nitrogen and oxygen atoms in total. The fourth-order valence-electron chi connectivity index (χ4n) is 2.76. The summed E-state index contributed by atoms with van der Waals surface area (Å²) in [5, 5.41) is 14.0. The molecule has 0 radical (unpaired) electrons. The van der Waals surface area contributed by atoms with Gasteiger partial charge >= 0.3 is 12.1 Å². The average Bonchev–Trinajstić information content (AvgIpc) is 2.75. The Bertz CT molecular complexity index is 1220. The van der Waals surface area contributed by atoms with Crippen molar-refractivity contribution < 1.29 is 32.4 Å². The zero-order valence-electron chi connectivity index (χ0n) is 16.1. The molecule has 0 saturated heterocycles. The zero-order valence-corrected chi connectivity index (χ0v) is 16.1. The van der Waals surface area contributed by atoms with E-state index in [1.165, 1.54) is 6.08 Å².